The number of benzene rings is 2. The fourth-order valence-corrected chi connectivity index (χ4v) is 4.88. The van der Waals surface area contributed by atoms with E-state index < -0.39 is 6.16 Å². The molecule has 1 fully saturated rings. The molecule has 2 aromatic carbocycles. The number of fused-ring (bicyclic) bond motifs is 2. The van der Waals surface area contributed by atoms with E-state index in [1.165, 1.54) is 11.1 Å². The molecule has 1 N–H and O–H groups in total. The number of hydrogen-bond acceptors (Lipinski definition) is 5. The maximum atomic E-state index is 10.8. The molecule has 0 radical (unpaired) electrons. The molecule has 0 saturated carbocycles. The van der Waals surface area contributed by atoms with Crippen LogP contribution in [0.15, 0.2) is 36.4 Å². The lowest BCUT2D eigenvalue weighted by Crippen LogP contribution is -2.42. The molecule has 4 rings (SSSR count). The van der Waals surface area contributed by atoms with Crippen molar-refractivity contribution in [2.75, 3.05) is 44.3 Å². The lowest BCUT2D eigenvalue weighted by Gasteiger charge is -2.31. The van der Waals surface area contributed by atoms with Crippen molar-refractivity contribution in [2.24, 2.45) is 0 Å². The Bertz CT molecular complexity index is 902. The van der Waals surface area contributed by atoms with Crippen LogP contribution in [-0.4, -0.2) is 61.7 Å². The number of nitrogens with zero attached hydrogens (tertiary/aromatic N) is 2. The van der Waals surface area contributed by atoms with Gasteiger partial charge in [-0.3, -0.25) is 4.90 Å². The topological polar surface area (TPSA) is 62.2 Å². The first-order valence-corrected chi connectivity index (χ1v) is 11.8. The van der Waals surface area contributed by atoms with Gasteiger partial charge in [-0.15, -0.1) is 0 Å². The van der Waals surface area contributed by atoms with Crippen LogP contribution in [0.3, 0.4) is 0 Å². The average molecular weight is 479 g/mol. The van der Waals surface area contributed by atoms with Crippen molar-refractivity contribution in [3.05, 3.63) is 57.6 Å². The van der Waals surface area contributed by atoms with Crippen LogP contribution in [0.4, 0.5) is 16.2 Å². The van der Waals surface area contributed by atoms with Gasteiger partial charge in [0.25, 0.3) is 0 Å². The highest BCUT2D eigenvalue weighted by atomic mass is 35.5. The van der Waals surface area contributed by atoms with Gasteiger partial charge in [0.15, 0.2) is 0 Å². The minimum absolute atomic E-state index is 0.249. The maximum Gasteiger partial charge on any atom is 0.506 e. The Morgan fingerprint density at radius 2 is 1.62 bits per heavy atom. The van der Waals surface area contributed by atoms with E-state index in [0.29, 0.717) is 36.3 Å². The van der Waals surface area contributed by atoms with Crippen molar-refractivity contribution in [1.29, 1.82) is 0 Å². The van der Waals surface area contributed by atoms with Gasteiger partial charge >= 0.3 is 6.16 Å². The van der Waals surface area contributed by atoms with E-state index in [4.69, 9.17) is 37.8 Å². The van der Waals surface area contributed by atoms with Crippen LogP contribution < -0.4 is 4.90 Å². The zero-order chi connectivity index (χ0) is 22.5. The Morgan fingerprint density at radius 1 is 1.00 bits per heavy atom. The first kappa shape index (κ1) is 23.2. The SMILES string of the molecule is O=C(O)O[C@@H]1CCCN(CCOCCN2c3cc(Cl)ccc3CCc3ccc(Cl)cc32)C1. The Labute approximate surface area is 198 Å². The predicted octanol–water partition coefficient (Wildman–Crippen LogP) is 5.41. The van der Waals surface area contributed by atoms with Gasteiger partial charge in [-0.25, -0.2) is 4.79 Å². The summed E-state index contributed by atoms with van der Waals surface area (Å²) in [6.07, 6.45) is 2.16. The number of piperidine rings is 1. The smallest absolute Gasteiger partial charge is 0.450 e. The van der Waals surface area contributed by atoms with E-state index >= 15 is 0 Å². The molecule has 0 unspecified atom stereocenters. The van der Waals surface area contributed by atoms with Gasteiger partial charge in [0.05, 0.1) is 13.2 Å². The summed E-state index contributed by atoms with van der Waals surface area (Å²) in [5, 5.41) is 10.3. The van der Waals surface area contributed by atoms with Gasteiger partial charge < -0.3 is 19.5 Å². The number of anilines is 2. The van der Waals surface area contributed by atoms with Gasteiger partial charge in [-0.1, -0.05) is 35.3 Å². The summed E-state index contributed by atoms with van der Waals surface area (Å²) >= 11 is 12.7. The first-order valence-electron chi connectivity index (χ1n) is 11.0. The van der Waals surface area contributed by atoms with Crippen LogP contribution in [0.2, 0.25) is 10.0 Å². The molecule has 0 amide bonds. The van der Waals surface area contributed by atoms with Gasteiger partial charge in [0.2, 0.25) is 0 Å². The highest BCUT2D eigenvalue weighted by Gasteiger charge is 2.23. The molecular formula is C24H28Cl2N2O4. The number of carbonyl (C=O) groups is 1. The number of halogens is 2. The van der Waals surface area contributed by atoms with E-state index in [2.05, 4.69) is 21.9 Å². The Hall–Kier alpha value is -1.99. The van der Waals surface area contributed by atoms with Crippen LogP contribution in [0.1, 0.15) is 24.0 Å². The molecule has 2 aromatic rings. The first-order chi connectivity index (χ1) is 15.5. The fourth-order valence-electron chi connectivity index (χ4n) is 4.55. The molecule has 172 valence electrons. The molecule has 0 bridgehead atoms. The van der Waals surface area contributed by atoms with Crippen molar-refractivity contribution in [3.8, 4) is 0 Å². The van der Waals surface area contributed by atoms with Crippen molar-refractivity contribution >= 4 is 40.7 Å². The molecule has 2 aliphatic rings. The number of aryl methyl sites for hydroxylation is 2. The van der Waals surface area contributed by atoms with Gasteiger partial charge in [-0.2, -0.15) is 0 Å². The zero-order valence-corrected chi connectivity index (χ0v) is 19.4. The summed E-state index contributed by atoms with van der Waals surface area (Å²) in [7, 11) is 0. The van der Waals surface area contributed by atoms with Crippen LogP contribution in [0, 0.1) is 0 Å². The summed E-state index contributed by atoms with van der Waals surface area (Å²) < 4.78 is 10.9. The molecule has 6 nitrogen and oxygen atoms in total. The third-order valence-electron chi connectivity index (χ3n) is 6.08. The molecule has 2 heterocycles. The Balaban J connectivity index is 1.36. The quantitative estimate of drug-likeness (QED) is 0.424. The van der Waals surface area contributed by atoms with Crippen LogP contribution in [0.5, 0.6) is 0 Å². The highest BCUT2D eigenvalue weighted by molar-refractivity contribution is 6.31. The number of likely N-dealkylation sites (tertiary alicyclic amines) is 1. The van der Waals surface area contributed by atoms with Crippen molar-refractivity contribution in [2.45, 2.75) is 31.8 Å². The third kappa shape index (κ3) is 5.87. The number of hydrogen-bond donors (Lipinski definition) is 1. The summed E-state index contributed by atoms with van der Waals surface area (Å²) in [6, 6.07) is 12.1. The molecule has 1 atom stereocenters. The van der Waals surface area contributed by atoms with Crippen molar-refractivity contribution in [3.63, 3.8) is 0 Å². The zero-order valence-electron chi connectivity index (χ0n) is 17.9. The van der Waals surface area contributed by atoms with Crippen LogP contribution in [-0.2, 0) is 22.3 Å². The van der Waals surface area contributed by atoms with Crippen LogP contribution >= 0.6 is 23.2 Å². The van der Waals surface area contributed by atoms with Gasteiger partial charge in [0.1, 0.15) is 6.10 Å². The summed E-state index contributed by atoms with van der Waals surface area (Å²) in [5.74, 6) is 0. The lowest BCUT2D eigenvalue weighted by molar-refractivity contribution is 0.00621. The molecule has 0 aliphatic carbocycles. The molecule has 1 saturated heterocycles. The maximum absolute atomic E-state index is 10.8. The normalized spacial score (nSPS) is 18.6. The lowest BCUT2D eigenvalue weighted by atomic mass is 10.0. The van der Waals surface area contributed by atoms with Crippen molar-refractivity contribution in [1.82, 2.24) is 4.90 Å². The Kier molecular flexibility index (Phi) is 7.79. The second-order valence-corrected chi connectivity index (χ2v) is 9.13. The summed E-state index contributed by atoms with van der Waals surface area (Å²) in [6.45, 7) is 4.14. The molecule has 0 spiro atoms. The standard InChI is InChI=1S/C24H28Cl2N2O4/c25-19-7-5-17-3-4-18-6-8-20(26)15-23(18)28(22(17)14-19)11-13-31-12-10-27-9-1-2-21(16-27)32-24(29)30/h5-8,14-15,21H,1-4,9-13,16H2,(H,29,30)/t21-/m1/s1. The second kappa shape index (κ2) is 10.8. The number of ether oxygens (including phenoxy) is 2. The largest absolute Gasteiger partial charge is 0.506 e. The highest BCUT2D eigenvalue weighted by Crippen LogP contribution is 2.38. The number of rotatable bonds is 7. The molecule has 32 heavy (non-hydrogen) atoms. The minimum atomic E-state index is -1.20. The Morgan fingerprint density at radius 3 is 2.25 bits per heavy atom. The molecular weight excluding hydrogens is 451 g/mol. The third-order valence-corrected chi connectivity index (χ3v) is 6.55. The monoisotopic (exact) mass is 478 g/mol. The van der Waals surface area contributed by atoms with E-state index in [0.717, 1.165) is 50.1 Å². The summed E-state index contributed by atoms with van der Waals surface area (Å²) in [5.41, 5.74) is 4.73. The van der Waals surface area contributed by atoms with Gasteiger partial charge in [-0.05, 0) is 67.6 Å². The number of carboxylic acid groups (broad SMARTS) is 1. The van der Waals surface area contributed by atoms with E-state index in [-0.39, 0.29) is 6.10 Å². The molecule has 8 heteroatoms. The molecule has 2 aliphatic heterocycles. The predicted molar refractivity (Wildman–Crippen MR) is 127 cm³/mol. The van der Waals surface area contributed by atoms with Crippen LogP contribution in [0.25, 0.3) is 0 Å². The minimum Gasteiger partial charge on any atom is -0.450 e. The average Bonchev–Trinajstić information content (AvgIpc) is 2.90. The molecule has 0 aromatic heterocycles. The van der Waals surface area contributed by atoms with E-state index in [9.17, 15) is 4.79 Å². The van der Waals surface area contributed by atoms with Crippen molar-refractivity contribution < 1.29 is 19.4 Å². The second-order valence-electron chi connectivity index (χ2n) is 8.26. The van der Waals surface area contributed by atoms with E-state index in [1.54, 1.807) is 0 Å². The fraction of sp³-hybridized carbons (Fsp3) is 0.458. The van der Waals surface area contributed by atoms with E-state index in [1.807, 2.05) is 24.3 Å². The summed E-state index contributed by atoms with van der Waals surface area (Å²) in [4.78, 5) is 15.2. The van der Waals surface area contributed by atoms with Gasteiger partial charge in [0, 0.05) is 41.1 Å².